The fraction of sp³-hybridized carbons (Fsp3) is 0.462. The minimum Gasteiger partial charge on any atom is -0.380 e. The van der Waals surface area contributed by atoms with E-state index in [-0.39, 0.29) is 22.2 Å². The zero-order valence-electron chi connectivity index (χ0n) is 11.2. The summed E-state index contributed by atoms with van der Waals surface area (Å²) in [5.41, 5.74) is -0.683. The van der Waals surface area contributed by atoms with Gasteiger partial charge in [-0.2, -0.15) is 0 Å². The number of hydrogen-bond donors (Lipinski definition) is 1. The van der Waals surface area contributed by atoms with Gasteiger partial charge in [0.2, 0.25) is 0 Å². The van der Waals surface area contributed by atoms with Gasteiger partial charge in [-0.25, -0.2) is 4.39 Å². The van der Waals surface area contributed by atoms with Gasteiger partial charge in [-0.05, 0) is 12.5 Å². The molecule has 1 amide bonds. The first-order valence-corrected chi connectivity index (χ1v) is 6.13. The van der Waals surface area contributed by atoms with Gasteiger partial charge in [-0.15, -0.1) is 0 Å². The number of benzene rings is 1. The highest BCUT2D eigenvalue weighted by Crippen LogP contribution is 2.26. The Balaban J connectivity index is 2.18. The molecule has 0 bridgehead atoms. The fourth-order valence-electron chi connectivity index (χ4n) is 1.96. The molecular formula is C13H15FN2O4. The molecule has 0 saturated carbocycles. The molecule has 108 valence electrons. The number of nitro groups is 1. The monoisotopic (exact) mass is 282 g/mol. The molecule has 0 spiro atoms. The Bertz CT molecular complexity index is 570. The average molecular weight is 282 g/mol. The Labute approximate surface area is 115 Å². The van der Waals surface area contributed by atoms with Gasteiger partial charge in [-0.3, -0.25) is 14.9 Å². The van der Waals surface area contributed by atoms with Crippen LogP contribution < -0.4 is 5.32 Å². The third-order valence-corrected chi connectivity index (χ3v) is 3.27. The number of non-ortho nitro benzene ring substituents is 1. The molecule has 0 aromatic heterocycles. The predicted molar refractivity (Wildman–Crippen MR) is 69.1 cm³/mol. The first kappa shape index (κ1) is 14.4. The SMILES string of the molecule is Cc1cc([N+](=O)[O-])cc(C(=O)NCC2(C)COC2)c1F. The second kappa shape index (κ2) is 5.16. The maximum absolute atomic E-state index is 13.9. The summed E-state index contributed by atoms with van der Waals surface area (Å²) in [5, 5.41) is 13.3. The van der Waals surface area contributed by atoms with E-state index in [4.69, 9.17) is 4.74 Å². The Morgan fingerprint density at radius 3 is 2.70 bits per heavy atom. The maximum Gasteiger partial charge on any atom is 0.270 e. The van der Waals surface area contributed by atoms with E-state index in [1.807, 2.05) is 6.92 Å². The van der Waals surface area contributed by atoms with Gasteiger partial charge in [-0.1, -0.05) is 6.92 Å². The topological polar surface area (TPSA) is 81.5 Å². The second-order valence-electron chi connectivity index (χ2n) is 5.37. The molecule has 1 heterocycles. The predicted octanol–water partition coefficient (Wildman–Crippen LogP) is 1.81. The van der Waals surface area contributed by atoms with Crippen LogP contribution in [0.2, 0.25) is 0 Å². The molecule has 1 fully saturated rings. The van der Waals surface area contributed by atoms with E-state index in [2.05, 4.69) is 5.32 Å². The highest BCUT2D eigenvalue weighted by molar-refractivity contribution is 5.95. The van der Waals surface area contributed by atoms with Crippen LogP contribution in [0.25, 0.3) is 0 Å². The van der Waals surface area contributed by atoms with Crippen molar-refractivity contribution in [3.05, 3.63) is 39.2 Å². The lowest BCUT2D eigenvalue weighted by atomic mass is 9.88. The summed E-state index contributed by atoms with van der Waals surface area (Å²) in [6, 6.07) is 2.06. The molecule has 0 atom stereocenters. The fourth-order valence-corrected chi connectivity index (χ4v) is 1.96. The van der Waals surface area contributed by atoms with E-state index in [1.165, 1.54) is 6.92 Å². The molecule has 1 saturated heterocycles. The number of hydrogen-bond acceptors (Lipinski definition) is 4. The number of nitrogens with zero attached hydrogens (tertiary/aromatic N) is 1. The van der Waals surface area contributed by atoms with E-state index in [0.717, 1.165) is 12.1 Å². The van der Waals surface area contributed by atoms with Crippen LogP contribution in [0.15, 0.2) is 12.1 Å². The summed E-state index contributed by atoms with van der Waals surface area (Å²) in [6.45, 7) is 4.73. The number of aryl methyl sites for hydroxylation is 1. The summed E-state index contributed by atoms with van der Waals surface area (Å²) in [5.74, 6) is -1.38. The van der Waals surface area contributed by atoms with Crippen molar-refractivity contribution < 1.29 is 18.8 Å². The van der Waals surface area contributed by atoms with Crippen molar-refractivity contribution in [3.8, 4) is 0 Å². The van der Waals surface area contributed by atoms with E-state index in [0.29, 0.717) is 19.8 Å². The minimum absolute atomic E-state index is 0.0718. The number of carbonyl (C=O) groups excluding carboxylic acids is 1. The lowest BCUT2D eigenvalue weighted by molar-refractivity contribution is -0.385. The van der Waals surface area contributed by atoms with Crippen LogP contribution in [0.1, 0.15) is 22.8 Å². The molecule has 1 aliphatic rings. The minimum atomic E-state index is -0.733. The molecule has 1 aromatic rings. The van der Waals surface area contributed by atoms with Crippen LogP contribution >= 0.6 is 0 Å². The highest BCUT2D eigenvalue weighted by Gasteiger charge is 2.34. The van der Waals surface area contributed by atoms with Crippen LogP contribution in [0.4, 0.5) is 10.1 Å². The number of amides is 1. The van der Waals surface area contributed by atoms with Crippen molar-refractivity contribution in [3.63, 3.8) is 0 Å². The van der Waals surface area contributed by atoms with Gasteiger partial charge >= 0.3 is 0 Å². The largest absolute Gasteiger partial charge is 0.380 e. The molecule has 0 aliphatic carbocycles. The molecule has 1 aromatic carbocycles. The molecule has 20 heavy (non-hydrogen) atoms. The Morgan fingerprint density at radius 2 is 2.20 bits per heavy atom. The zero-order chi connectivity index (χ0) is 14.9. The molecule has 7 heteroatoms. The van der Waals surface area contributed by atoms with Crippen LogP contribution in [0, 0.1) is 28.3 Å². The van der Waals surface area contributed by atoms with E-state index in [9.17, 15) is 19.3 Å². The third kappa shape index (κ3) is 2.77. The molecule has 2 rings (SSSR count). The van der Waals surface area contributed by atoms with Crippen LogP contribution in [-0.2, 0) is 4.74 Å². The average Bonchev–Trinajstić information content (AvgIpc) is 2.36. The van der Waals surface area contributed by atoms with Crippen molar-refractivity contribution in [1.82, 2.24) is 5.32 Å². The first-order valence-electron chi connectivity index (χ1n) is 6.13. The van der Waals surface area contributed by atoms with Crippen LogP contribution in [0.3, 0.4) is 0 Å². The Kier molecular flexibility index (Phi) is 3.71. The molecule has 0 unspecified atom stereocenters. The number of ether oxygens (including phenoxy) is 1. The Morgan fingerprint density at radius 1 is 1.55 bits per heavy atom. The lowest BCUT2D eigenvalue weighted by Crippen LogP contribution is -2.48. The number of halogens is 1. The van der Waals surface area contributed by atoms with Crippen molar-refractivity contribution >= 4 is 11.6 Å². The van der Waals surface area contributed by atoms with E-state index in [1.54, 1.807) is 0 Å². The maximum atomic E-state index is 13.9. The van der Waals surface area contributed by atoms with Gasteiger partial charge < -0.3 is 10.1 Å². The number of nitrogens with one attached hydrogen (secondary N) is 1. The summed E-state index contributed by atoms with van der Waals surface area (Å²) < 4.78 is 19.0. The summed E-state index contributed by atoms with van der Waals surface area (Å²) in [4.78, 5) is 22.1. The van der Waals surface area contributed by atoms with Gasteiger partial charge in [0.05, 0.1) is 23.7 Å². The third-order valence-electron chi connectivity index (χ3n) is 3.27. The van der Waals surface area contributed by atoms with Gasteiger partial charge in [0.1, 0.15) is 5.82 Å². The molecular weight excluding hydrogens is 267 g/mol. The van der Waals surface area contributed by atoms with Gasteiger partial charge in [0.25, 0.3) is 11.6 Å². The van der Waals surface area contributed by atoms with E-state index >= 15 is 0 Å². The normalized spacial score (nSPS) is 16.4. The summed E-state index contributed by atoms with van der Waals surface area (Å²) >= 11 is 0. The first-order chi connectivity index (χ1) is 9.32. The molecule has 0 radical (unpaired) electrons. The van der Waals surface area contributed by atoms with Crippen LogP contribution in [-0.4, -0.2) is 30.6 Å². The summed E-state index contributed by atoms with van der Waals surface area (Å²) in [7, 11) is 0. The lowest BCUT2D eigenvalue weighted by Gasteiger charge is -2.38. The van der Waals surface area contributed by atoms with Gasteiger partial charge in [0, 0.05) is 24.1 Å². The standard InChI is InChI=1S/C13H15FN2O4/c1-8-3-9(16(18)19)4-10(11(8)14)12(17)15-5-13(2)6-20-7-13/h3-4H,5-7H2,1-2H3,(H,15,17). The van der Waals surface area contributed by atoms with Crippen LogP contribution in [0.5, 0.6) is 0 Å². The smallest absolute Gasteiger partial charge is 0.270 e. The second-order valence-corrected chi connectivity index (χ2v) is 5.37. The molecule has 1 N–H and O–H groups in total. The van der Waals surface area contributed by atoms with Crippen molar-refractivity contribution in [2.45, 2.75) is 13.8 Å². The Hall–Kier alpha value is -2.02. The molecule has 6 nitrogen and oxygen atoms in total. The molecule has 1 aliphatic heterocycles. The van der Waals surface area contributed by atoms with Crippen molar-refractivity contribution in [2.75, 3.05) is 19.8 Å². The van der Waals surface area contributed by atoms with E-state index < -0.39 is 16.6 Å². The number of nitro benzene ring substituents is 1. The summed E-state index contributed by atoms with van der Waals surface area (Å²) in [6.07, 6.45) is 0. The van der Waals surface area contributed by atoms with Gasteiger partial charge in [0.15, 0.2) is 0 Å². The quantitative estimate of drug-likeness (QED) is 0.674. The van der Waals surface area contributed by atoms with Crippen molar-refractivity contribution in [2.24, 2.45) is 5.41 Å². The van der Waals surface area contributed by atoms with Crippen molar-refractivity contribution in [1.29, 1.82) is 0 Å². The zero-order valence-corrected chi connectivity index (χ0v) is 11.2. The highest BCUT2D eigenvalue weighted by atomic mass is 19.1. The number of carbonyl (C=O) groups is 1. The number of rotatable bonds is 4.